The molecule has 1 aromatic heterocycles. The Morgan fingerprint density at radius 3 is 2.58 bits per heavy atom. The van der Waals surface area contributed by atoms with Crippen molar-refractivity contribution in [1.29, 1.82) is 0 Å². The van der Waals surface area contributed by atoms with E-state index in [1.54, 1.807) is 0 Å². The first-order chi connectivity index (χ1) is 15.1. The maximum absolute atomic E-state index is 11.0. The molecule has 31 heavy (non-hydrogen) atoms. The summed E-state index contributed by atoms with van der Waals surface area (Å²) >= 11 is 5.04. The molecule has 9 heteroatoms. The second-order valence-corrected chi connectivity index (χ2v) is 7.90. The zero-order valence-electron chi connectivity index (χ0n) is 17.7. The molecule has 3 aromatic rings. The smallest absolute Gasteiger partial charge is 0.237 e. The predicted molar refractivity (Wildman–Crippen MR) is 126 cm³/mol. The molecule has 2 heterocycles. The molecular weight excluding hydrogens is 412 g/mol. The fourth-order valence-corrected chi connectivity index (χ4v) is 3.99. The summed E-state index contributed by atoms with van der Waals surface area (Å²) in [5.74, 6) is 0.0788. The number of nitrogens with one attached hydrogen (secondary N) is 1. The Labute approximate surface area is 186 Å². The lowest BCUT2D eigenvalue weighted by atomic mass is 10.1. The molecule has 0 spiro atoms. The fourth-order valence-electron chi connectivity index (χ4n) is 3.87. The van der Waals surface area contributed by atoms with Gasteiger partial charge in [0.15, 0.2) is 5.69 Å². The van der Waals surface area contributed by atoms with E-state index in [1.165, 1.54) is 12.8 Å². The maximum atomic E-state index is 11.0. The van der Waals surface area contributed by atoms with Crippen LogP contribution in [-0.4, -0.2) is 53.0 Å². The molecule has 0 atom stereocenters. The molecular formula is C22H26N6O2S. The molecule has 0 bridgehead atoms. The van der Waals surface area contributed by atoms with E-state index >= 15 is 0 Å². The molecule has 4 rings (SSSR count). The van der Waals surface area contributed by atoms with Crippen molar-refractivity contribution in [2.75, 3.05) is 38.2 Å². The van der Waals surface area contributed by atoms with Gasteiger partial charge in [0.1, 0.15) is 0 Å². The summed E-state index contributed by atoms with van der Waals surface area (Å²) in [5.41, 5.74) is 6.09. The van der Waals surface area contributed by atoms with Crippen LogP contribution in [0, 0.1) is 6.92 Å². The normalized spacial score (nSPS) is 15.1. The zero-order chi connectivity index (χ0) is 21.8. The highest BCUT2D eigenvalue weighted by Gasteiger charge is 2.22. The van der Waals surface area contributed by atoms with Crippen LogP contribution < -0.4 is 10.4 Å². The van der Waals surface area contributed by atoms with Crippen molar-refractivity contribution in [2.45, 2.75) is 13.6 Å². The molecule has 0 radical (unpaired) electrons. The Kier molecular flexibility index (Phi) is 6.45. The first-order valence-corrected chi connectivity index (χ1v) is 10.6. The van der Waals surface area contributed by atoms with Gasteiger partial charge in [-0.1, -0.05) is 29.8 Å². The summed E-state index contributed by atoms with van der Waals surface area (Å²) in [6.45, 7) is 6.26. The summed E-state index contributed by atoms with van der Waals surface area (Å²) in [6, 6.07) is 16.5. The van der Waals surface area contributed by atoms with Gasteiger partial charge in [0.25, 0.3) is 0 Å². The van der Waals surface area contributed by atoms with Gasteiger partial charge in [-0.25, -0.2) is 5.48 Å². The molecule has 1 aliphatic rings. The van der Waals surface area contributed by atoms with Gasteiger partial charge in [-0.15, -0.1) is 10.2 Å². The molecule has 0 amide bonds. The number of thiocarbonyl (C=S) groups is 1. The number of fused-ring (bicyclic) bond motifs is 1. The monoisotopic (exact) mass is 438 g/mol. The van der Waals surface area contributed by atoms with E-state index in [0.717, 1.165) is 42.6 Å². The number of hydrogen-bond donors (Lipinski definition) is 2. The lowest BCUT2D eigenvalue weighted by molar-refractivity contribution is 0.145. The second-order valence-electron chi connectivity index (χ2n) is 7.51. The van der Waals surface area contributed by atoms with Crippen LogP contribution >= 0.6 is 12.2 Å². The van der Waals surface area contributed by atoms with Gasteiger partial charge in [0.05, 0.1) is 19.3 Å². The second kappa shape index (κ2) is 9.42. The van der Waals surface area contributed by atoms with Gasteiger partial charge in [-0.2, -0.15) is 0 Å². The van der Waals surface area contributed by atoms with E-state index in [4.69, 9.17) is 17.1 Å². The zero-order valence-corrected chi connectivity index (χ0v) is 18.5. The van der Waals surface area contributed by atoms with Crippen LogP contribution in [0.1, 0.15) is 5.56 Å². The predicted octanol–water partition coefficient (Wildman–Crippen LogP) is 3.95. The van der Waals surface area contributed by atoms with Crippen molar-refractivity contribution in [1.82, 2.24) is 14.9 Å². The third kappa shape index (κ3) is 4.68. The molecule has 2 N–H and O–H groups in total. The summed E-state index contributed by atoms with van der Waals surface area (Å²) in [6.07, 6.45) is 0. The van der Waals surface area contributed by atoms with Crippen molar-refractivity contribution >= 4 is 39.6 Å². The molecule has 2 aromatic carbocycles. The van der Waals surface area contributed by atoms with Crippen molar-refractivity contribution in [3.05, 3.63) is 54.1 Å². The van der Waals surface area contributed by atoms with Crippen molar-refractivity contribution < 1.29 is 9.94 Å². The van der Waals surface area contributed by atoms with Crippen LogP contribution in [0.3, 0.4) is 0 Å². The number of hydroxylamine groups is 1. The fraction of sp³-hybridized carbons (Fsp3) is 0.318. The molecule has 1 fully saturated rings. The number of aromatic hydroxyl groups is 1. The Balaban J connectivity index is 1.55. The molecule has 0 saturated carbocycles. The molecule has 8 nitrogen and oxygen atoms in total. The topological polar surface area (TPSA) is 77.6 Å². The lowest BCUT2D eigenvalue weighted by Gasteiger charge is -2.36. The molecule has 0 unspecified atom stereocenters. The average molecular weight is 439 g/mol. The Morgan fingerprint density at radius 1 is 1.13 bits per heavy atom. The summed E-state index contributed by atoms with van der Waals surface area (Å²) in [5, 5.41) is 20.1. The van der Waals surface area contributed by atoms with Gasteiger partial charge in [-0.05, 0) is 43.4 Å². The largest absolute Gasteiger partial charge is 0.493 e. The highest BCUT2D eigenvalue weighted by Crippen LogP contribution is 2.39. The lowest BCUT2D eigenvalue weighted by Crippen LogP contribution is -2.46. The van der Waals surface area contributed by atoms with E-state index in [2.05, 4.69) is 49.8 Å². The molecule has 1 saturated heterocycles. The quantitative estimate of drug-likeness (QED) is 0.357. The van der Waals surface area contributed by atoms with Crippen molar-refractivity contribution in [3.8, 4) is 5.88 Å². The molecule has 1 aliphatic heterocycles. The molecule has 0 aliphatic carbocycles. The Hall–Kier alpha value is -3.01. The first-order valence-electron chi connectivity index (χ1n) is 10.2. The summed E-state index contributed by atoms with van der Waals surface area (Å²) in [7, 11) is 1.45. The number of piperazine rings is 1. The highest BCUT2D eigenvalue weighted by atomic mass is 32.1. The maximum Gasteiger partial charge on any atom is 0.237 e. The van der Waals surface area contributed by atoms with Gasteiger partial charge in [0.2, 0.25) is 11.0 Å². The van der Waals surface area contributed by atoms with Gasteiger partial charge < -0.3 is 10.0 Å². The number of para-hydroxylation sites is 1. The minimum absolute atomic E-state index is 0.0788. The third-order valence-electron chi connectivity index (χ3n) is 5.43. The first kappa shape index (κ1) is 21.2. The number of anilines is 1. The minimum Gasteiger partial charge on any atom is -0.493 e. The number of benzene rings is 2. The minimum atomic E-state index is 0.0788. The highest BCUT2D eigenvalue weighted by molar-refractivity contribution is 7.80. The van der Waals surface area contributed by atoms with E-state index in [0.29, 0.717) is 12.4 Å². The Morgan fingerprint density at radius 2 is 1.87 bits per heavy atom. The van der Waals surface area contributed by atoms with Crippen LogP contribution in [-0.2, 0) is 11.5 Å². The number of nitrogens with zero attached hydrogens (tertiary/aromatic N) is 5. The van der Waals surface area contributed by atoms with Gasteiger partial charge in [0, 0.05) is 37.3 Å². The number of aryl methyl sites for hydroxylation is 1. The van der Waals surface area contributed by atoms with Gasteiger partial charge >= 0.3 is 0 Å². The van der Waals surface area contributed by atoms with Crippen molar-refractivity contribution in [3.63, 3.8) is 0 Å². The standard InChI is InChI=1S/C22H26N6O2S/c1-16-8-9-19-18(14-16)20(23-24-22(31)25-30-2)21(29)28(19)15-26-10-12-27(13-11-26)17-6-4-3-5-7-17/h3-9,14,29H,10-13,15H2,1-2H3,(H,25,31). The summed E-state index contributed by atoms with van der Waals surface area (Å²) < 4.78 is 1.88. The molecule has 162 valence electrons. The summed E-state index contributed by atoms with van der Waals surface area (Å²) in [4.78, 5) is 9.47. The third-order valence-corrected chi connectivity index (χ3v) is 5.60. The number of azo groups is 1. The van der Waals surface area contributed by atoms with E-state index < -0.39 is 0 Å². The van der Waals surface area contributed by atoms with Crippen LogP contribution in [0.25, 0.3) is 10.9 Å². The Bertz CT molecular complexity index is 1090. The van der Waals surface area contributed by atoms with Crippen LogP contribution in [0.15, 0.2) is 58.8 Å². The van der Waals surface area contributed by atoms with Crippen LogP contribution in [0.5, 0.6) is 5.88 Å². The van der Waals surface area contributed by atoms with Crippen LogP contribution in [0.4, 0.5) is 11.4 Å². The number of hydrogen-bond acceptors (Lipinski definition) is 6. The average Bonchev–Trinajstić information content (AvgIpc) is 3.03. The van der Waals surface area contributed by atoms with Gasteiger partial charge in [-0.3, -0.25) is 14.3 Å². The van der Waals surface area contributed by atoms with Crippen LogP contribution in [0.2, 0.25) is 0 Å². The van der Waals surface area contributed by atoms with Crippen molar-refractivity contribution in [2.24, 2.45) is 10.2 Å². The van der Waals surface area contributed by atoms with E-state index in [-0.39, 0.29) is 11.0 Å². The SMILES string of the molecule is CONC(=S)N=Nc1c(O)n(CN2CCN(c3ccccc3)CC2)c2ccc(C)cc12. The number of aromatic nitrogens is 1. The van der Waals surface area contributed by atoms with E-state index in [9.17, 15) is 5.11 Å². The van der Waals surface area contributed by atoms with E-state index in [1.807, 2.05) is 35.8 Å². The number of rotatable bonds is 5.